The average molecular weight is 462 g/mol. The number of thiophene rings is 1. The van der Waals surface area contributed by atoms with Gasteiger partial charge in [-0.25, -0.2) is 14.2 Å². The third kappa shape index (κ3) is 5.31. The molecule has 0 aliphatic carbocycles. The second-order valence-electron chi connectivity index (χ2n) is 6.94. The molecule has 2 aromatic heterocycles. The minimum absolute atomic E-state index is 0.0189. The van der Waals surface area contributed by atoms with Gasteiger partial charge < -0.3 is 19.5 Å². The number of pyridine rings is 1. The summed E-state index contributed by atoms with van der Waals surface area (Å²) in [5.74, 6) is -3.03. The first-order valence-electron chi connectivity index (χ1n) is 9.12. The molecule has 4 rings (SSSR count). The van der Waals surface area contributed by atoms with Crippen LogP contribution >= 0.6 is 11.3 Å². The van der Waals surface area contributed by atoms with Gasteiger partial charge in [-0.05, 0) is 30.0 Å². The Morgan fingerprint density at radius 2 is 2.03 bits per heavy atom. The van der Waals surface area contributed by atoms with Crippen LogP contribution in [0, 0.1) is 11.7 Å². The summed E-state index contributed by atoms with van der Waals surface area (Å²) in [6.45, 7) is 2.10. The van der Waals surface area contributed by atoms with Crippen molar-refractivity contribution in [3.05, 3.63) is 46.5 Å². The topological polar surface area (TPSA) is 89.0 Å². The highest BCUT2D eigenvalue weighted by molar-refractivity contribution is 7.12. The zero-order valence-corrected chi connectivity index (χ0v) is 16.8. The van der Waals surface area contributed by atoms with Crippen LogP contribution in [0.1, 0.15) is 16.1 Å². The monoisotopic (exact) mass is 462 g/mol. The van der Waals surface area contributed by atoms with E-state index in [9.17, 15) is 22.4 Å². The minimum Gasteiger partial charge on any atom is -0.475 e. The number of aromatic nitrogens is 1. The second-order valence-corrected chi connectivity index (χ2v) is 7.89. The highest BCUT2D eigenvalue weighted by atomic mass is 32.1. The molecule has 0 radical (unpaired) electrons. The number of alkyl halides is 3. The van der Waals surface area contributed by atoms with Gasteiger partial charge in [-0.2, -0.15) is 13.2 Å². The predicted molar refractivity (Wildman–Crippen MR) is 100 cm³/mol. The Labute approximate surface area is 178 Å². The highest BCUT2D eigenvalue weighted by Crippen LogP contribution is 2.41. The van der Waals surface area contributed by atoms with E-state index in [0.717, 1.165) is 11.3 Å². The van der Waals surface area contributed by atoms with Crippen molar-refractivity contribution in [2.45, 2.75) is 18.2 Å². The fourth-order valence-electron chi connectivity index (χ4n) is 3.33. The standard InChI is InChI=1S/C17H17FN2O3S.C2HF3O2/c18-13-3-1-6-19-15(13)22-9-12-5-7-23-17(12)10-20(11-17)16(21)14-4-2-8-24-14;3-2(4,5)1(6)7/h1-4,6,8,12H,5,7,9-11H2;(H,6,7). The highest BCUT2D eigenvalue weighted by Gasteiger charge is 2.55. The molecular weight excluding hydrogens is 444 g/mol. The van der Waals surface area contributed by atoms with Crippen LogP contribution < -0.4 is 4.74 Å². The normalized spacial score (nSPS) is 19.4. The lowest BCUT2D eigenvalue weighted by atomic mass is 9.81. The first-order chi connectivity index (χ1) is 14.6. The Morgan fingerprint density at radius 1 is 1.32 bits per heavy atom. The van der Waals surface area contributed by atoms with Gasteiger partial charge in [0.15, 0.2) is 5.82 Å². The molecule has 2 fully saturated rings. The van der Waals surface area contributed by atoms with Crippen LogP contribution in [0.4, 0.5) is 17.6 Å². The van der Waals surface area contributed by atoms with Crippen molar-refractivity contribution in [3.8, 4) is 5.88 Å². The first kappa shape index (κ1) is 22.9. The third-order valence-electron chi connectivity index (χ3n) is 4.92. The van der Waals surface area contributed by atoms with Crippen molar-refractivity contribution >= 4 is 23.2 Å². The molecule has 2 aromatic rings. The van der Waals surface area contributed by atoms with Gasteiger partial charge in [0.25, 0.3) is 5.91 Å². The van der Waals surface area contributed by atoms with Crippen molar-refractivity contribution in [1.82, 2.24) is 9.88 Å². The van der Waals surface area contributed by atoms with Crippen molar-refractivity contribution in [2.24, 2.45) is 5.92 Å². The Bertz CT molecular complexity index is 916. The maximum atomic E-state index is 13.6. The van der Waals surface area contributed by atoms with Crippen LogP contribution in [0.25, 0.3) is 0 Å². The maximum Gasteiger partial charge on any atom is 0.490 e. The van der Waals surface area contributed by atoms with Crippen molar-refractivity contribution in [1.29, 1.82) is 0 Å². The van der Waals surface area contributed by atoms with E-state index in [-0.39, 0.29) is 23.3 Å². The van der Waals surface area contributed by atoms with Crippen LogP contribution in [-0.4, -0.2) is 64.9 Å². The summed E-state index contributed by atoms with van der Waals surface area (Å²) in [4.78, 5) is 27.7. The van der Waals surface area contributed by atoms with Gasteiger partial charge in [0.2, 0.25) is 5.88 Å². The predicted octanol–water partition coefficient (Wildman–Crippen LogP) is 3.23. The van der Waals surface area contributed by atoms with Crippen molar-refractivity contribution in [3.63, 3.8) is 0 Å². The minimum atomic E-state index is -5.08. The number of hydrogen-bond acceptors (Lipinski definition) is 6. The van der Waals surface area contributed by atoms with Crippen molar-refractivity contribution in [2.75, 3.05) is 26.3 Å². The molecule has 1 N–H and O–H groups in total. The maximum absolute atomic E-state index is 13.6. The van der Waals surface area contributed by atoms with Crippen LogP contribution in [0.2, 0.25) is 0 Å². The molecule has 0 aromatic carbocycles. The van der Waals surface area contributed by atoms with E-state index in [4.69, 9.17) is 19.4 Å². The molecule has 1 unspecified atom stereocenters. The molecule has 1 spiro atoms. The fraction of sp³-hybridized carbons (Fsp3) is 0.421. The fourth-order valence-corrected chi connectivity index (χ4v) is 4.02. The van der Waals surface area contributed by atoms with E-state index < -0.39 is 18.0 Å². The number of hydrogen-bond donors (Lipinski definition) is 1. The lowest BCUT2D eigenvalue weighted by Crippen LogP contribution is -2.66. The summed E-state index contributed by atoms with van der Waals surface area (Å²) in [6, 6.07) is 6.56. The van der Waals surface area contributed by atoms with Crippen molar-refractivity contribution < 1.29 is 41.7 Å². The third-order valence-corrected chi connectivity index (χ3v) is 5.78. The molecule has 2 aliphatic rings. The zero-order chi connectivity index (χ0) is 22.6. The van der Waals surface area contributed by atoms with Gasteiger partial charge >= 0.3 is 12.1 Å². The Balaban J connectivity index is 0.000000339. The zero-order valence-electron chi connectivity index (χ0n) is 16.0. The Kier molecular flexibility index (Phi) is 6.80. The van der Waals surface area contributed by atoms with Gasteiger partial charge in [-0.1, -0.05) is 6.07 Å². The van der Waals surface area contributed by atoms with E-state index in [1.807, 2.05) is 17.5 Å². The molecule has 4 heterocycles. The molecule has 31 heavy (non-hydrogen) atoms. The second kappa shape index (κ2) is 9.18. The van der Waals surface area contributed by atoms with Gasteiger partial charge in [0, 0.05) is 18.7 Å². The number of ether oxygens (including phenoxy) is 2. The van der Waals surface area contributed by atoms with Gasteiger partial charge in [-0.3, -0.25) is 4.79 Å². The number of aliphatic carboxylic acids is 1. The van der Waals surface area contributed by atoms with E-state index in [2.05, 4.69) is 4.98 Å². The number of likely N-dealkylation sites (tertiary alicyclic amines) is 1. The smallest absolute Gasteiger partial charge is 0.475 e. The van der Waals surface area contributed by atoms with Gasteiger partial charge in [0.1, 0.15) is 5.60 Å². The molecule has 0 saturated carbocycles. The summed E-state index contributed by atoms with van der Waals surface area (Å²) in [5, 5.41) is 9.02. The van der Waals surface area contributed by atoms with Crippen LogP contribution in [0.5, 0.6) is 5.88 Å². The number of halogens is 4. The molecule has 2 saturated heterocycles. The lowest BCUT2D eigenvalue weighted by molar-refractivity contribution is -0.192. The summed E-state index contributed by atoms with van der Waals surface area (Å²) in [5.41, 5.74) is -0.363. The van der Waals surface area contributed by atoms with Crippen LogP contribution in [0.3, 0.4) is 0 Å². The summed E-state index contributed by atoms with van der Waals surface area (Å²) in [6.07, 6.45) is -2.74. The molecule has 2 aliphatic heterocycles. The molecule has 7 nitrogen and oxygen atoms in total. The lowest BCUT2D eigenvalue weighted by Gasteiger charge is -2.49. The number of carboxylic acids is 1. The van der Waals surface area contributed by atoms with E-state index >= 15 is 0 Å². The summed E-state index contributed by atoms with van der Waals surface area (Å²) < 4.78 is 56.8. The number of carboxylic acid groups (broad SMARTS) is 1. The first-order valence-corrected chi connectivity index (χ1v) is 10.0. The Morgan fingerprint density at radius 3 is 2.61 bits per heavy atom. The SMILES string of the molecule is O=C(O)C(F)(F)F.O=C(c1cccs1)N1CC2(C1)OCCC2COc1ncccc1F. The average Bonchev–Trinajstić information content (AvgIpc) is 3.35. The largest absolute Gasteiger partial charge is 0.490 e. The number of rotatable bonds is 4. The number of amides is 1. The summed E-state index contributed by atoms with van der Waals surface area (Å²) >= 11 is 1.44. The quantitative estimate of drug-likeness (QED) is 0.702. The number of carbonyl (C=O) groups is 2. The number of nitrogens with zero attached hydrogens (tertiary/aromatic N) is 2. The van der Waals surface area contributed by atoms with Gasteiger partial charge in [-0.15, -0.1) is 11.3 Å². The molecule has 12 heteroatoms. The van der Waals surface area contributed by atoms with E-state index in [1.165, 1.54) is 29.7 Å². The number of carbonyl (C=O) groups excluding carboxylic acids is 1. The van der Waals surface area contributed by atoms with E-state index in [0.29, 0.717) is 26.3 Å². The molecular formula is C19H18F4N2O5S. The van der Waals surface area contributed by atoms with Crippen LogP contribution in [0.15, 0.2) is 35.8 Å². The van der Waals surface area contributed by atoms with E-state index in [1.54, 1.807) is 4.90 Å². The van der Waals surface area contributed by atoms with Crippen LogP contribution in [-0.2, 0) is 9.53 Å². The Hall–Kier alpha value is -2.73. The summed E-state index contributed by atoms with van der Waals surface area (Å²) in [7, 11) is 0. The molecule has 1 atom stereocenters. The van der Waals surface area contributed by atoms with Gasteiger partial charge in [0.05, 0.1) is 24.6 Å². The molecule has 1 amide bonds. The molecule has 168 valence electrons. The molecule has 0 bridgehead atoms.